The van der Waals surface area contributed by atoms with Crippen LogP contribution in [-0.2, 0) is 18.0 Å². The molecule has 3 rings (SSSR count). The number of carbonyl (C=O) groups excluding carboxylic acids is 1. The highest BCUT2D eigenvalue weighted by Crippen LogP contribution is 2.28. The molecule has 1 amide bonds. The van der Waals surface area contributed by atoms with E-state index < -0.39 is 24.9 Å². The van der Waals surface area contributed by atoms with Crippen LogP contribution in [0.15, 0.2) is 66.7 Å². The van der Waals surface area contributed by atoms with Gasteiger partial charge < -0.3 is 20.3 Å². The molecule has 5 nitrogen and oxygen atoms in total. The summed E-state index contributed by atoms with van der Waals surface area (Å²) in [5.74, 6) is -0.903. The molecule has 0 aromatic heterocycles. The molecule has 0 fully saturated rings. The van der Waals surface area contributed by atoms with Crippen molar-refractivity contribution in [1.82, 2.24) is 0 Å². The van der Waals surface area contributed by atoms with Crippen LogP contribution in [0.25, 0.3) is 11.1 Å². The van der Waals surface area contributed by atoms with Gasteiger partial charge in [0.1, 0.15) is 11.6 Å². The molecule has 0 aliphatic rings. The van der Waals surface area contributed by atoms with Gasteiger partial charge in [-0.05, 0) is 23.8 Å². The Labute approximate surface area is 162 Å². The molecule has 0 saturated carbocycles. The molecule has 0 saturated heterocycles. The maximum absolute atomic E-state index is 13.5. The van der Waals surface area contributed by atoms with E-state index in [2.05, 4.69) is 5.32 Å². The molecule has 6 heteroatoms. The summed E-state index contributed by atoms with van der Waals surface area (Å²) in [5, 5.41) is 21.6. The lowest BCUT2D eigenvalue weighted by atomic mass is 10.0. The SMILES string of the molecule is O=C(COc1c(CO)cc(F)cc1CO)Nc1ccccc1-c1ccccc1. The number of para-hydroxylation sites is 1. The summed E-state index contributed by atoms with van der Waals surface area (Å²) < 4.78 is 19.0. The Morgan fingerprint density at radius 1 is 0.929 bits per heavy atom. The minimum atomic E-state index is -0.596. The van der Waals surface area contributed by atoms with Gasteiger partial charge in [-0.15, -0.1) is 0 Å². The van der Waals surface area contributed by atoms with Crippen LogP contribution in [-0.4, -0.2) is 22.7 Å². The summed E-state index contributed by atoms with van der Waals surface area (Å²) in [7, 11) is 0. The topological polar surface area (TPSA) is 78.8 Å². The molecule has 144 valence electrons. The number of aliphatic hydroxyl groups is 2. The highest BCUT2D eigenvalue weighted by atomic mass is 19.1. The van der Waals surface area contributed by atoms with Gasteiger partial charge in [0.05, 0.1) is 13.2 Å². The molecular formula is C22H20FNO4. The van der Waals surface area contributed by atoms with E-state index in [1.165, 1.54) is 0 Å². The minimum absolute atomic E-state index is 0.109. The number of ether oxygens (including phenoxy) is 1. The van der Waals surface area contributed by atoms with Gasteiger partial charge in [0.25, 0.3) is 5.91 Å². The van der Waals surface area contributed by atoms with Gasteiger partial charge in [-0.1, -0.05) is 48.5 Å². The molecule has 3 aromatic rings. The number of hydrogen-bond acceptors (Lipinski definition) is 4. The maximum Gasteiger partial charge on any atom is 0.262 e. The van der Waals surface area contributed by atoms with Crippen molar-refractivity contribution in [2.24, 2.45) is 0 Å². The van der Waals surface area contributed by atoms with Crippen molar-refractivity contribution in [3.8, 4) is 16.9 Å². The first-order valence-corrected chi connectivity index (χ1v) is 8.72. The van der Waals surface area contributed by atoms with E-state index >= 15 is 0 Å². The standard InChI is InChI=1S/C22H20FNO4/c23-18-10-16(12-25)22(17(11-18)13-26)28-14-21(27)24-20-9-5-4-8-19(20)15-6-2-1-3-7-15/h1-11,25-26H,12-14H2,(H,24,27). The zero-order chi connectivity index (χ0) is 19.9. The number of hydrogen-bond donors (Lipinski definition) is 3. The highest BCUT2D eigenvalue weighted by molar-refractivity contribution is 5.96. The van der Waals surface area contributed by atoms with E-state index in [4.69, 9.17) is 4.74 Å². The van der Waals surface area contributed by atoms with Crippen molar-refractivity contribution in [2.45, 2.75) is 13.2 Å². The average Bonchev–Trinajstić information content (AvgIpc) is 2.73. The number of carbonyl (C=O) groups is 1. The Morgan fingerprint density at radius 2 is 1.54 bits per heavy atom. The van der Waals surface area contributed by atoms with Gasteiger partial charge >= 0.3 is 0 Å². The van der Waals surface area contributed by atoms with E-state index in [-0.39, 0.29) is 23.5 Å². The largest absolute Gasteiger partial charge is 0.483 e. The zero-order valence-electron chi connectivity index (χ0n) is 15.1. The van der Waals surface area contributed by atoms with Crippen molar-refractivity contribution in [2.75, 3.05) is 11.9 Å². The number of anilines is 1. The van der Waals surface area contributed by atoms with E-state index in [0.717, 1.165) is 23.3 Å². The number of benzene rings is 3. The van der Waals surface area contributed by atoms with Crippen LogP contribution in [0.5, 0.6) is 5.75 Å². The smallest absolute Gasteiger partial charge is 0.262 e. The van der Waals surface area contributed by atoms with Crippen molar-refractivity contribution >= 4 is 11.6 Å². The Kier molecular flexibility index (Phi) is 6.37. The number of halogens is 1. The molecule has 0 unspecified atom stereocenters. The molecule has 0 aliphatic heterocycles. The normalized spacial score (nSPS) is 10.5. The van der Waals surface area contributed by atoms with E-state index in [1.807, 2.05) is 48.5 Å². The summed E-state index contributed by atoms with van der Waals surface area (Å²) in [6.07, 6.45) is 0. The van der Waals surface area contributed by atoms with Crippen LogP contribution in [0.1, 0.15) is 11.1 Å². The number of aliphatic hydroxyl groups excluding tert-OH is 2. The van der Waals surface area contributed by atoms with Crippen LogP contribution >= 0.6 is 0 Å². The molecular weight excluding hydrogens is 361 g/mol. The van der Waals surface area contributed by atoms with Crippen LogP contribution < -0.4 is 10.1 Å². The first kappa shape index (κ1) is 19.5. The van der Waals surface area contributed by atoms with Gasteiger partial charge in [-0.2, -0.15) is 0 Å². The van der Waals surface area contributed by atoms with Crippen molar-refractivity contribution in [3.63, 3.8) is 0 Å². The fourth-order valence-corrected chi connectivity index (χ4v) is 2.92. The van der Waals surface area contributed by atoms with E-state index in [9.17, 15) is 19.4 Å². The molecule has 0 atom stereocenters. The Morgan fingerprint density at radius 3 is 2.18 bits per heavy atom. The molecule has 3 aromatic carbocycles. The predicted molar refractivity (Wildman–Crippen MR) is 104 cm³/mol. The first-order valence-electron chi connectivity index (χ1n) is 8.72. The van der Waals surface area contributed by atoms with Gasteiger partial charge in [-0.25, -0.2) is 4.39 Å². The maximum atomic E-state index is 13.5. The minimum Gasteiger partial charge on any atom is -0.483 e. The molecule has 0 heterocycles. The summed E-state index contributed by atoms with van der Waals surface area (Å²) in [5.41, 5.74) is 2.79. The third kappa shape index (κ3) is 4.54. The lowest BCUT2D eigenvalue weighted by Crippen LogP contribution is -2.21. The third-order valence-corrected chi connectivity index (χ3v) is 4.18. The lowest BCUT2D eigenvalue weighted by molar-refractivity contribution is -0.118. The molecule has 0 spiro atoms. The Balaban J connectivity index is 1.75. The van der Waals surface area contributed by atoms with Gasteiger partial charge in [-0.3, -0.25) is 4.79 Å². The number of rotatable bonds is 7. The summed E-state index contributed by atoms with van der Waals surface area (Å²) in [6, 6.07) is 19.2. The molecule has 0 radical (unpaired) electrons. The van der Waals surface area contributed by atoms with Crippen LogP contribution in [0, 0.1) is 5.82 Å². The van der Waals surface area contributed by atoms with Crippen LogP contribution in [0.3, 0.4) is 0 Å². The summed E-state index contributed by atoms with van der Waals surface area (Å²) in [6.45, 7) is -1.30. The first-order chi connectivity index (χ1) is 13.6. The average molecular weight is 381 g/mol. The summed E-state index contributed by atoms with van der Waals surface area (Å²) >= 11 is 0. The van der Waals surface area contributed by atoms with Crippen molar-refractivity contribution < 1.29 is 24.1 Å². The van der Waals surface area contributed by atoms with E-state index in [1.54, 1.807) is 6.07 Å². The summed E-state index contributed by atoms with van der Waals surface area (Å²) in [4.78, 5) is 12.4. The van der Waals surface area contributed by atoms with Gasteiger partial charge in [0.15, 0.2) is 6.61 Å². The molecule has 28 heavy (non-hydrogen) atoms. The molecule has 0 bridgehead atoms. The predicted octanol–water partition coefficient (Wildman–Crippen LogP) is 3.49. The number of amides is 1. The van der Waals surface area contributed by atoms with Crippen molar-refractivity contribution in [1.29, 1.82) is 0 Å². The second-order valence-corrected chi connectivity index (χ2v) is 6.12. The molecule has 3 N–H and O–H groups in total. The van der Waals surface area contributed by atoms with Gasteiger partial charge in [0.2, 0.25) is 0 Å². The van der Waals surface area contributed by atoms with Crippen LogP contribution in [0.2, 0.25) is 0 Å². The third-order valence-electron chi connectivity index (χ3n) is 4.18. The monoisotopic (exact) mass is 381 g/mol. The second kappa shape index (κ2) is 9.12. The quantitative estimate of drug-likeness (QED) is 0.585. The van der Waals surface area contributed by atoms with E-state index in [0.29, 0.717) is 5.69 Å². The lowest BCUT2D eigenvalue weighted by Gasteiger charge is -2.15. The number of nitrogens with one attached hydrogen (secondary N) is 1. The fraction of sp³-hybridized carbons (Fsp3) is 0.136. The van der Waals surface area contributed by atoms with Gasteiger partial charge in [0, 0.05) is 22.4 Å². The second-order valence-electron chi connectivity index (χ2n) is 6.12. The Bertz CT molecular complexity index is 935. The zero-order valence-corrected chi connectivity index (χ0v) is 15.1. The molecule has 0 aliphatic carbocycles. The van der Waals surface area contributed by atoms with Crippen molar-refractivity contribution in [3.05, 3.63) is 83.7 Å². The Hall–Kier alpha value is -3.22. The van der Waals surface area contributed by atoms with Crippen LogP contribution in [0.4, 0.5) is 10.1 Å². The highest BCUT2D eigenvalue weighted by Gasteiger charge is 2.14. The fourth-order valence-electron chi connectivity index (χ4n) is 2.92.